The fourth-order valence-corrected chi connectivity index (χ4v) is 2.16. The molecule has 0 amide bonds. The first-order valence-corrected chi connectivity index (χ1v) is 6.19. The summed E-state index contributed by atoms with van der Waals surface area (Å²) in [6, 6.07) is 7.62. The van der Waals surface area contributed by atoms with Crippen LogP contribution in [0.5, 0.6) is 0 Å². The Labute approximate surface area is 102 Å². The summed E-state index contributed by atoms with van der Waals surface area (Å²) in [6.07, 6.45) is 4.85. The predicted octanol–water partition coefficient (Wildman–Crippen LogP) is 4.32. The van der Waals surface area contributed by atoms with Gasteiger partial charge in [0.05, 0.1) is 5.69 Å². The molecule has 0 aliphatic heterocycles. The lowest BCUT2D eigenvalue weighted by molar-refractivity contribution is 0.500. The van der Waals surface area contributed by atoms with Crippen molar-refractivity contribution in [2.75, 3.05) is 5.43 Å². The topological polar surface area (TPSA) is 24.4 Å². The number of anilines is 1. The van der Waals surface area contributed by atoms with Crippen LogP contribution in [0.1, 0.15) is 32.6 Å². The standard InChI is InChI=1S/C13H17ClN2/c1-10-3-2-4-13(9-10)16-15-12-7-5-11(14)6-8-12/h5-8,10,15H,2-4,9H2,1H3/b16-13-/t10-/m0/s1. The number of benzene rings is 1. The highest BCUT2D eigenvalue weighted by Gasteiger charge is 2.13. The second-order valence-corrected chi connectivity index (χ2v) is 4.93. The molecule has 1 aliphatic rings. The second kappa shape index (κ2) is 5.35. The van der Waals surface area contributed by atoms with Crippen LogP contribution >= 0.6 is 11.6 Å². The van der Waals surface area contributed by atoms with Crippen LogP contribution in [0.15, 0.2) is 29.4 Å². The Morgan fingerprint density at radius 3 is 2.75 bits per heavy atom. The molecule has 0 unspecified atom stereocenters. The van der Waals surface area contributed by atoms with Crippen LogP contribution < -0.4 is 5.43 Å². The van der Waals surface area contributed by atoms with Gasteiger partial charge < -0.3 is 0 Å². The Morgan fingerprint density at radius 2 is 2.06 bits per heavy atom. The van der Waals surface area contributed by atoms with Crippen LogP contribution in [-0.2, 0) is 0 Å². The molecule has 1 fully saturated rings. The zero-order valence-electron chi connectivity index (χ0n) is 9.54. The number of rotatable bonds is 2. The summed E-state index contributed by atoms with van der Waals surface area (Å²) in [6.45, 7) is 2.29. The van der Waals surface area contributed by atoms with E-state index in [1.54, 1.807) is 0 Å². The molecule has 16 heavy (non-hydrogen) atoms. The molecule has 1 saturated carbocycles. The number of hydrogen-bond acceptors (Lipinski definition) is 2. The van der Waals surface area contributed by atoms with Crippen LogP contribution in [0.2, 0.25) is 5.02 Å². The molecule has 2 nitrogen and oxygen atoms in total. The summed E-state index contributed by atoms with van der Waals surface area (Å²) in [5.41, 5.74) is 5.37. The summed E-state index contributed by atoms with van der Waals surface area (Å²) < 4.78 is 0. The number of hydrogen-bond donors (Lipinski definition) is 1. The fourth-order valence-electron chi connectivity index (χ4n) is 2.03. The molecule has 1 atom stereocenters. The number of hydrazone groups is 1. The summed E-state index contributed by atoms with van der Waals surface area (Å²) in [4.78, 5) is 0. The van der Waals surface area contributed by atoms with Gasteiger partial charge in [-0.05, 0) is 55.9 Å². The van der Waals surface area contributed by atoms with Gasteiger partial charge in [-0.25, -0.2) is 0 Å². The van der Waals surface area contributed by atoms with E-state index in [0.717, 1.165) is 29.5 Å². The maximum Gasteiger partial charge on any atom is 0.0562 e. The average molecular weight is 237 g/mol. The van der Waals surface area contributed by atoms with E-state index in [9.17, 15) is 0 Å². The molecule has 1 aromatic carbocycles. The normalized spacial score (nSPS) is 23.4. The second-order valence-electron chi connectivity index (χ2n) is 4.50. The van der Waals surface area contributed by atoms with E-state index in [-0.39, 0.29) is 0 Å². The van der Waals surface area contributed by atoms with E-state index in [0.29, 0.717) is 0 Å². The van der Waals surface area contributed by atoms with Gasteiger partial charge in [0, 0.05) is 10.7 Å². The third kappa shape index (κ3) is 3.24. The van der Waals surface area contributed by atoms with Gasteiger partial charge in [0.15, 0.2) is 0 Å². The minimum atomic E-state index is 0.754. The highest BCUT2D eigenvalue weighted by Crippen LogP contribution is 2.21. The summed E-state index contributed by atoms with van der Waals surface area (Å²) in [5, 5.41) is 5.21. The maximum absolute atomic E-state index is 5.82. The predicted molar refractivity (Wildman–Crippen MR) is 70.1 cm³/mol. The highest BCUT2D eigenvalue weighted by atomic mass is 35.5. The monoisotopic (exact) mass is 236 g/mol. The quantitative estimate of drug-likeness (QED) is 0.760. The van der Waals surface area contributed by atoms with Crippen molar-refractivity contribution in [1.82, 2.24) is 0 Å². The van der Waals surface area contributed by atoms with E-state index < -0.39 is 0 Å². The van der Waals surface area contributed by atoms with Crippen LogP contribution in [0.3, 0.4) is 0 Å². The third-order valence-corrected chi connectivity index (χ3v) is 3.19. The molecule has 86 valence electrons. The fraction of sp³-hybridized carbons (Fsp3) is 0.462. The Morgan fingerprint density at radius 1 is 1.31 bits per heavy atom. The number of halogens is 1. The van der Waals surface area contributed by atoms with Crippen molar-refractivity contribution in [3.8, 4) is 0 Å². The van der Waals surface area contributed by atoms with E-state index in [4.69, 9.17) is 11.6 Å². The number of nitrogens with one attached hydrogen (secondary N) is 1. The first-order valence-electron chi connectivity index (χ1n) is 5.81. The van der Waals surface area contributed by atoms with E-state index in [1.165, 1.54) is 18.6 Å². The molecule has 0 heterocycles. The van der Waals surface area contributed by atoms with Crippen LogP contribution in [0.25, 0.3) is 0 Å². The average Bonchev–Trinajstić information content (AvgIpc) is 2.28. The molecular formula is C13H17ClN2. The van der Waals surface area contributed by atoms with Gasteiger partial charge in [0.25, 0.3) is 0 Å². The van der Waals surface area contributed by atoms with Crippen molar-refractivity contribution >= 4 is 23.0 Å². The molecule has 1 aliphatic carbocycles. The lowest BCUT2D eigenvalue weighted by Gasteiger charge is -2.19. The van der Waals surface area contributed by atoms with Gasteiger partial charge in [0.1, 0.15) is 0 Å². The Bertz CT molecular complexity index is 370. The molecule has 3 heteroatoms. The van der Waals surface area contributed by atoms with Crippen molar-refractivity contribution < 1.29 is 0 Å². The van der Waals surface area contributed by atoms with Gasteiger partial charge >= 0.3 is 0 Å². The van der Waals surface area contributed by atoms with Crippen molar-refractivity contribution in [3.05, 3.63) is 29.3 Å². The molecule has 0 spiro atoms. The lowest BCUT2D eigenvalue weighted by atomic mass is 9.89. The summed E-state index contributed by atoms with van der Waals surface area (Å²) in [5.74, 6) is 0.777. The molecule has 1 N–H and O–H groups in total. The molecule has 0 aromatic heterocycles. The molecule has 1 aromatic rings. The third-order valence-electron chi connectivity index (χ3n) is 2.93. The van der Waals surface area contributed by atoms with Gasteiger partial charge in [-0.15, -0.1) is 0 Å². The molecular weight excluding hydrogens is 220 g/mol. The summed E-state index contributed by atoms with van der Waals surface area (Å²) in [7, 11) is 0. The van der Waals surface area contributed by atoms with Crippen molar-refractivity contribution in [2.24, 2.45) is 11.0 Å². The lowest BCUT2D eigenvalue weighted by Crippen LogP contribution is -2.13. The van der Waals surface area contributed by atoms with E-state index >= 15 is 0 Å². The first kappa shape index (κ1) is 11.5. The van der Waals surface area contributed by atoms with Gasteiger partial charge in [-0.2, -0.15) is 5.10 Å². The van der Waals surface area contributed by atoms with Crippen molar-refractivity contribution in [2.45, 2.75) is 32.6 Å². The van der Waals surface area contributed by atoms with Gasteiger partial charge in [0.2, 0.25) is 0 Å². The smallest absolute Gasteiger partial charge is 0.0562 e. The van der Waals surface area contributed by atoms with Crippen molar-refractivity contribution in [1.29, 1.82) is 0 Å². The number of nitrogens with zero attached hydrogens (tertiary/aromatic N) is 1. The van der Waals surface area contributed by atoms with Crippen LogP contribution in [0, 0.1) is 5.92 Å². The molecule has 2 rings (SSSR count). The zero-order valence-corrected chi connectivity index (χ0v) is 10.3. The van der Waals surface area contributed by atoms with Crippen LogP contribution in [0.4, 0.5) is 5.69 Å². The minimum absolute atomic E-state index is 0.754. The van der Waals surface area contributed by atoms with Crippen LogP contribution in [-0.4, -0.2) is 5.71 Å². The van der Waals surface area contributed by atoms with Crippen molar-refractivity contribution in [3.63, 3.8) is 0 Å². The minimum Gasteiger partial charge on any atom is -0.279 e. The van der Waals surface area contributed by atoms with Gasteiger partial charge in [-0.1, -0.05) is 18.5 Å². The Hall–Kier alpha value is -1.02. The molecule has 0 bridgehead atoms. The van der Waals surface area contributed by atoms with Gasteiger partial charge in [-0.3, -0.25) is 5.43 Å². The highest BCUT2D eigenvalue weighted by molar-refractivity contribution is 6.30. The Kier molecular flexibility index (Phi) is 3.83. The van der Waals surface area contributed by atoms with E-state index in [1.807, 2.05) is 24.3 Å². The largest absolute Gasteiger partial charge is 0.279 e. The van der Waals surface area contributed by atoms with E-state index in [2.05, 4.69) is 17.5 Å². The SMILES string of the molecule is C[C@H]1CCC/C(=N/Nc2ccc(Cl)cc2)C1. The maximum atomic E-state index is 5.82. The zero-order chi connectivity index (χ0) is 11.4. The molecule has 0 saturated heterocycles. The first-order chi connectivity index (χ1) is 7.74. The Balaban J connectivity index is 1.95. The summed E-state index contributed by atoms with van der Waals surface area (Å²) >= 11 is 5.82. The molecule has 0 radical (unpaired) electrons.